The lowest BCUT2D eigenvalue weighted by molar-refractivity contribution is 0.481. The van der Waals surface area contributed by atoms with E-state index in [1.165, 1.54) is 32.7 Å². The quantitative estimate of drug-likeness (QED) is 0.192. The van der Waals surface area contributed by atoms with Crippen molar-refractivity contribution in [1.29, 1.82) is 0 Å². The predicted molar refractivity (Wildman–Crippen MR) is 228 cm³/mol. The second kappa shape index (κ2) is 11.9. The third kappa shape index (κ3) is 4.62. The first-order valence-corrected chi connectivity index (χ1v) is 18.8. The van der Waals surface area contributed by atoms with E-state index in [9.17, 15) is 10.2 Å². The molecule has 55 heavy (non-hydrogen) atoms. The van der Waals surface area contributed by atoms with Gasteiger partial charge in [0.15, 0.2) is 0 Å². The number of fused-ring (bicyclic) bond motifs is 7. The number of rotatable bonds is 4. The molecule has 1 aliphatic rings. The average Bonchev–Trinajstić information content (AvgIpc) is 3.52. The molecule has 0 fully saturated rings. The van der Waals surface area contributed by atoms with Crippen LogP contribution in [0.2, 0.25) is 0 Å². The molecular formula is C53H34O2. The highest BCUT2D eigenvalue weighted by Crippen LogP contribution is 2.60. The molecule has 2 nitrogen and oxygen atoms in total. The van der Waals surface area contributed by atoms with E-state index < -0.39 is 5.41 Å². The lowest BCUT2D eigenvalue weighted by Gasteiger charge is -2.36. The first-order chi connectivity index (χ1) is 27.1. The summed E-state index contributed by atoms with van der Waals surface area (Å²) in [4.78, 5) is 0. The fourth-order valence-corrected chi connectivity index (χ4v) is 9.39. The molecular weight excluding hydrogens is 669 g/mol. The van der Waals surface area contributed by atoms with Gasteiger partial charge in [-0.1, -0.05) is 158 Å². The third-order valence-corrected chi connectivity index (χ3v) is 11.9. The molecule has 11 rings (SSSR count). The van der Waals surface area contributed by atoms with Crippen molar-refractivity contribution in [3.8, 4) is 44.9 Å². The summed E-state index contributed by atoms with van der Waals surface area (Å²) in [5.74, 6) is 0.497. The summed E-state index contributed by atoms with van der Waals surface area (Å²) in [5.41, 5.74) is 10.5. The van der Waals surface area contributed by atoms with Crippen molar-refractivity contribution in [2.75, 3.05) is 0 Å². The normalized spacial score (nSPS) is 13.0. The van der Waals surface area contributed by atoms with Gasteiger partial charge in [0.1, 0.15) is 11.5 Å². The molecule has 10 aromatic rings. The fraction of sp³-hybridized carbons (Fsp3) is 0.0189. The molecule has 0 aromatic heterocycles. The Morgan fingerprint density at radius 2 is 0.655 bits per heavy atom. The molecule has 258 valence electrons. The van der Waals surface area contributed by atoms with E-state index in [1.807, 2.05) is 24.3 Å². The Morgan fingerprint density at radius 3 is 1.13 bits per heavy atom. The smallest absolute Gasteiger partial charge is 0.123 e. The topological polar surface area (TPSA) is 40.5 Å². The third-order valence-electron chi connectivity index (χ3n) is 11.9. The van der Waals surface area contributed by atoms with E-state index >= 15 is 0 Å². The van der Waals surface area contributed by atoms with Crippen LogP contribution in [0.3, 0.4) is 0 Å². The zero-order valence-electron chi connectivity index (χ0n) is 29.9. The predicted octanol–water partition coefficient (Wildman–Crippen LogP) is 13.4. The second-order valence-corrected chi connectivity index (χ2v) is 14.8. The maximum atomic E-state index is 11.3. The van der Waals surface area contributed by atoms with E-state index in [0.717, 1.165) is 66.1 Å². The van der Waals surface area contributed by atoms with Gasteiger partial charge in [-0.25, -0.2) is 0 Å². The molecule has 0 amide bonds. The summed E-state index contributed by atoms with van der Waals surface area (Å²) in [6.45, 7) is 0. The minimum atomic E-state index is -0.842. The largest absolute Gasteiger partial charge is 0.507 e. The van der Waals surface area contributed by atoms with Crippen LogP contribution in [0.4, 0.5) is 0 Å². The van der Waals surface area contributed by atoms with Crippen LogP contribution in [0.25, 0.3) is 76.5 Å². The zero-order valence-corrected chi connectivity index (χ0v) is 29.9. The van der Waals surface area contributed by atoms with Crippen LogP contribution >= 0.6 is 0 Å². The molecule has 10 aromatic carbocycles. The Hall–Kier alpha value is -7.16. The van der Waals surface area contributed by atoms with Crippen molar-refractivity contribution in [3.05, 3.63) is 216 Å². The lowest BCUT2D eigenvalue weighted by atomic mass is 9.65. The van der Waals surface area contributed by atoms with Crippen molar-refractivity contribution in [3.63, 3.8) is 0 Å². The van der Waals surface area contributed by atoms with Gasteiger partial charge in [-0.05, 0) is 124 Å². The average molecular weight is 703 g/mol. The first kappa shape index (κ1) is 31.4. The van der Waals surface area contributed by atoms with Crippen LogP contribution in [-0.2, 0) is 5.41 Å². The Labute approximate surface area is 318 Å². The van der Waals surface area contributed by atoms with E-state index in [-0.39, 0.29) is 11.5 Å². The zero-order chi connectivity index (χ0) is 36.7. The molecule has 0 spiro atoms. The molecule has 0 atom stereocenters. The Kier molecular flexibility index (Phi) is 6.80. The molecule has 0 aliphatic heterocycles. The van der Waals surface area contributed by atoms with Crippen LogP contribution in [0.15, 0.2) is 194 Å². The molecule has 0 radical (unpaired) electrons. The molecule has 0 heterocycles. The Balaban J connectivity index is 1.29. The molecule has 0 unspecified atom stereocenters. The number of hydrogen-bond acceptors (Lipinski definition) is 2. The summed E-state index contributed by atoms with van der Waals surface area (Å²) >= 11 is 0. The molecule has 2 heteroatoms. The van der Waals surface area contributed by atoms with Gasteiger partial charge in [-0.2, -0.15) is 0 Å². The highest BCUT2D eigenvalue weighted by Gasteiger charge is 2.48. The van der Waals surface area contributed by atoms with Gasteiger partial charge in [0.05, 0.1) is 5.41 Å². The number of phenolic OH excluding ortho intramolecular Hbond substituents is 2. The van der Waals surface area contributed by atoms with Gasteiger partial charge in [0.2, 0.25) is 0 Å². The van der Waals surface area contributed by atoms with Crippen molar-refractivity contribution in [1.82, 2.24) is 0 Å². The molecule has 0 saturated carbocycles. The Morgan fingerprint density at radius 1 is 0.273 bits per heavy atom. The summed E-state index contributed by atoms with van der Waals surface area (Å²) in [5, 5.41) is 31.0. The molecule has 0 saturated heterocycles. The summed E-state index contributed by atoms with van der Waals surface area (Å²) < 4.78 is 0. The van der Waals surface area contributed by atoms with Gasteiger partial charge in [0, 0.05) is 10.8 Å². The van der Waals surface area contributed by atoms with Gasteiger partial charge in [-0.15, -0.1) is 0 Å². The number of hydrogen-bond donors (Lipinski definition) is 2. The van der Waals surface area contributed by atoms with Crippen molar-refractivity contribution in [2.45, 2.75) is 5.41 Å². The number of phenols is 2. The number of benzene rings is 10. The lowest BCUT2D eigenvalue weighted by Crippen LogP contribution is -2.29. The minimum absolute atomic E-state index is 0.248. The maximum Gasteiger partial charge on any atom is 0.123 e. The van der Waals surface area contributed by atoms with Crippen molar-refractivity contribution >= 4 is 43.1 Å². The van der Waals surface area contributed by atoms with E-state index in [4.69, 9.17) is 0 Å². The Bertz CT molecular complexity index is 2970. The van der Waals surface area contributed by atoms with Crippen molar-refractivity contribution in [2.24, 2.45) is 0 Å². The van der Waals surface area contributed by atoms with Crippen LogP contribution in [-0.4, -0.2) is 10.2 Å². The highest BCUT2D eigenvalue weighted by atomic mass is 16.3. The van der Waals surface area contributed by atoms with Gasteiger partial charge < -0.3 is 10.2 Å². The maximum absolute atomic E-state index is 11.3. The standard InChI is InChI=1S/C53H34O2/c54-51-19-7-13-41-45(51)15-5-17-47(41)53(48-18-6-16-46-42(48)14-8-20-52(46)55)49-31-39(37-23-21-33-9-1-3-11-35(33)29-37)25-27-43(49)44-28-26-40(32-50(44)53)38-24-22-34-10-2-4-12-36(34)30-38/h1-32,54-55H. The van der Waals surface area contributed by atoms with Crippen LogP contribution in [0, 0.1) is 0 Å². The molecule has 1 aliphatic carbocycles. The number of aromatic hydroxyl groups is 2. The van der Waals surface area contributed by atoms with Crippen LogP contribution in [0.1, 0.15) is 22.3 Å². The van der Waals surface area contributed by atoms with E-state index in [1.54, 1.807) is 12.1 Å². The summed E-state index contributed by atoms with van der Waals surface area (Å²) in [6, 6.07) is 68.6. The molecule has 0 bridgehead atoms. The summed E-state index contributed by atoms with van der Waals surface area (Å²) in [7, 11) is 0. The van der Waals surface area contributed by atoms with E-state index in [0.29, 0.717) is 0 Å². The van der Waals surface area contributed by atoms with Crippen LogP contribution in [0.5, 0.6) is 11.5 Å². The molecule has 2 N–H and O–H groups in total. The minimum Gasteiger partial charge on any atom is -0.507 e. The van der Waals surface area contributed by atoms with Crippen LogP contribution < -0.4 is 0 Å². The summed E-state index contributed by atoms with van der Waals surface area (Å²) in [6.07, 6.45) is 0. The van der Waals surface area contributed by atoms with E-state index in [2.05, 4.69) is 158 Å². The fourth-order valence-electron chi connectivity index (χ4n) is 9.39. The van der Waals surface area contributed by atoms with Crippen molar-refractivity contribution < 1.29 is 10.2 Å². The second-order valence-electron chi connectivity index (χ2n) is 14.8. The van der Waals surface area contributed by atoms with Gasteiger partial charge in [-0.3, -0.25) is 0 Å². The monoisotopic (exact) mass is 702 g/mol. The van der Waals surface area contributed by atoms with Gasteiger partial charge >= 0.3 is 0 Å². The SMILES string of the molecule is Oc1cccc2c(C3(c4cccc5c(O)cccc45)c4cc(-c5ccc6ccccc6c5)ccc4-c4ccc(-c5ccc6ccccc6c5)cc43)cccc12. The first-order valence-electron chi connectivity index (χ1n) is 18.8. The highest BCUT2D eigenvalue weighted by molar-refractivity contribution is 6.02. The van der Waals surface area contributed by atoms with Gasteiger partial charge in [0.25, 0.3) is 0 Å².